The molecule has 1 saturated heterocycles. The van der Waals surface area contributed by atoms with Gasteiger partial charge in [-0.25, -0.2) is 0 Å². The van der Waals surface area contributed by atoms with Crippen LogP contribution < -0.4 is 5.32 Å². The third-order valence-electron chi connectivity index (χ3n) is 3.94. The van der Waals surface area contributed by atoms with E-state index in [0.29, 0.717) is 24.5 Å². The van der Waals surface area contributed by atoms with E-state index < -0.39 is 0 Å². The lowest BCUT2D eigenvalue weighted by Crippen LogP contribution is -2.48. The van der Waals surface area contributed by atoms with Crippen LogP contribution in [0, 0.1) is 5.92 Å². The van der Waals surface area contributed by atoms with Gasteiger partial charge in [0, 0.05) is 39.3 Å². The van der Waals surface area contributed by atoms with Crippen LogP contribution in [0.4, 0.5) is 0 Å². The summed E-state index contributed by atoms with van der Waals surface area (Å²) in [6.45, 7) is 9.39. The summed E-state index contributed by atoms with van der Waals surface area (Å²) in [5.74, 6) is 0.885. The summed E-state index contributed by atoms with van der Waals surface area (Å²) in [5, 5.41) is 3.69. The van der Waals surface area contributed by atoms with Crippen molar-refractivity contribution in [2.75, 3.05) is 33.7 Å². The molecule has 1 aliphatic rings. The molecule has 1 aliphatic heterocycles. The Morgan fingerprint density at radius 2 is 1.83 bits per heavy atom. The standard InChI is InChI=1S/C14H29N3O/c1-11(2)12(3)15-13-6-8-17(9-7-13)10-14(18)16(4)5/h11-13,15H,6-10H2,1-5H3. The molecule has 0 aromatic carbocycles. The zero-order valence-corrected chi connectivity index (χ0v) is 12.6. The highest BCUT2D eigenvalue weighted by molar-refractivity contribution is 5.77. The summed E-state index contributed by atoms with van der Waals surface area (Å²) in [5.41, 5.74) is 0. The second-order valence-corrected chi connectivity index (χ2v) is 6.04. The van der Waals surface area contributed by atoms with Gasteiger partial charge in [0.05, 0.1) is 6.54 Å². The molecular formula is C14H29N3O. The smallest absolute Gasteiger partial charge is 0.236 e. The minimum atomic E-state index is 0.206. The van der Waals surface area contributed by atoms with Crippen LogP contribution in [0.25, 0.3) is 0 Å². The number of hydrogen-bond donors (Lipinski definition) is 1. The van der Waals surface area contributed by atoms with E-state index in [9.17, 15) is 4.79 Å². The first kappa shape index (κ1) is 15.4. The molecular weight excluding hydrogens is 226 g/mol. The number of nitrogens with zero attached hydrogens (tertiary/aromatic N) is 2. The van der Waals surface area contributed by atoms with Crippen molar-refractivity contribution in [3.8, 4) is 0 Å². The maximum Gasteiger partial charge on any atom is 0.236 e. The minimum absolute atomic E-state index is 0.206. The molecule has 4 heteroatoms. The molecule has 0 aromatic rings. The second kappa shape index (κ2) is 7.10. The Hall–Kier alpha value is -0.610. The van der Waals surface area contributed by atoms with Crippen LogP contribution in [-0.2, 0) is 4.79 Å². The molecule has 1 amide bonds. The monoisotopic (exact) mass is 255 g/mol. The first-order valence-corrected chi connectivity index (χ1v) is 7.08. The van der Waals surface area contributed by atoms with Crippen LogP contribution in [0.5, 0.6) is 0 Å². The van der Waals surface area contributed by atoms with E-state index in [4.69, 9.17) is 0 Å². The van der Waals surface area contributed by atoms with Crippen LogP contribution in [0.15, 0.2) is 0 Å². The number of hydrogen-bond acceptors (Lipinski definition) is 3. The van der Waals surface area contributed by atoms with Crippen molar-refractivity contribution in [1.82, 2.24) is 15.1 Å². The summed E-state index contributed by atoms with van der Waals surface area (Å²) in [7, 11) is 3.64. The molecule has 0 radical (unpaired) electrons. The van der Waals surface area contributed by atoms with E-state index >= 15 is 0 Å². The molecule has 1 rings (SSSR count). The predicted octanol–water partition coefficient (Wildman–Crippen LogP) is 1.17. The van der Waals surface area contributed by atoms with E-state index in [0.717, 1.165) is 25.9 Å². The molecule has 0 aliphatic carbocycles. The molecule has 0 bridgehead atoms. The van der Waals surface area contributed by atoms with Gasteiger partial charge in [-0.2, -0.15) is 0 Å². The third-order valence-corrected chi connectivity index (χ3v) is 3.94. The fourth-order valence-corrected chi connectivity index (χ4v) is 2.15. The molecule has 1 heterocycles. The molecule has 0 spiro atoms. The van der Waals surface area contributed by atoms with E-state index in [-0.39, 0.29) is 5.91 Å². The summed E-state index contributed by atoms with van der Waals surface area (Å²) >= 11 is 0. The van der Waals surface area contributed by atoms with E-state index in [1.54, 1.807) is 4.90 Å². The Labute approximate surface area is 112 Å². The van der Waals surface area contributed by atoms with Crippen LogP contribution in [0.3, 0.4) is 0 Å². The van der Waals surface area contributed by atoms with Gasteiger partial charge in [-0.1, -0.05) is 13.8 Å². The van der Waals surface area contributed by atoms with Gasteiger partial charge in [0.25, 0.3) is 0 Å². The Morgan fingerprint density at radius 3 is 2.28 bits per heavy atom. The number of carbonyl (C=O) groups excluding carboxylic acids is 1. The maximum absolute atomic E-state index is 11.6. The number of amides is 1. The van der Waals surface area contributed by atoms with E-state index in [1.807, 2.05) is 14.1 Å². The Morgan fingerprint density at radius 1 is 1.28 bits per heavy atom. The van der Waals surface area contributed by atoms with Crippen LogP contribution in [0.2, 0.25) is 0 Å². The highest BCUT2D eigenvalue weighted by atomic mass is 16.2. The molecule has 4 nitrogen and oxygen atoms in total. The van der Waals surface area contributed by atoms with Gasteiger partial charge in [-0.05, 0) is 25.7 Å². The number of likely N-dealkylation sites (N-methyl/N-ethyl adjacent to an activating group) is 1. The first-order valence-electron chi connectivity index (χ1n) is 7.08. The first-order chi connectivity index (χ1) is 8.40. The molecule has 1 fully saturated rings. The quantitative estimate of drug-likeness (QED) is 0.801. The topological polar surface area (TPSA) is 35.6 Å². The predicted molar refractivity (Wildman–Crippen MR) is 75.6 cm³/mol. The van der Waals surface area contributed by atoms with Gasteiger partial charge in [-0.3, -0.25) is 9.69 Å². The largest absolute Gasteiger partial charge is 0.348 e. The van der Waals surface area contributed by atoms with Gasteiger partial charge < -0.3 is 10.2 Å². The number of carbonyl (C=O) groups is 1. The minimum Gasteiger partial charge on any atom is -0.348 e. The highest BCUT2D eigenvalue weighted by Crippen LogP contribution is 2.12. The summed E-state index contributed by atoms with van der Waals surface area (Å²) in [6.07, 6.45) is 2.30. The Bertz CT molecular complexity index is 258. The molecule has 1 unspecified atom stereocenters. The maximum atomic E-state index is 11.6. The van der Waals surface area contributed by atoms with Gasteiger partial charge in [-0.15, -0.1) is 0 Å². The molecule has 0 aromatic heterocycles. The molecule has 1 atom stereocenters. The fourth-order valence-electron chi connectivity index (χ4n) is 2.15. The van der Waals surface area contributed by atoms with Crippen molar-refractivity contribution < 1.29 is 4.79 Å². The number of likely N-dealkylation sites (tertiary alicyclic amines) is 1. The summed E-state index contributed by atoms with van der Waals surface area (Å²) in [6, 6.07) is 1.19. The number of rotatable bonds is 5. The molecule has 1 N–H and O–H groups in total. The van der Waals surface area contributed by atoms with Crippen molar-refractivity contribution in [2.45, 2.75) is 45.7 Å². The molecule has 0 saturated carbocycles. The Kier molecular flexibility index (Phi) is 6.09. The van der Waals surface area contributed by atoms with E-state index in [2.05, 4.69) is 31.0 Å². The van der Waals surface area contributed by atoms with Crippen LogP contribution >= 0.6 is 0 Å². The third kappa shape index (κ3) is 4.94. The fraction of sp³-hybridized carbons (Fsp3) is 0.929. The Balaban J connectivity index is 2.26. The van der Waals surface area contributed by atoms with Crippen molar-refractivity contribution in [3.05, 3.63) is 0 Å². The van der Waals surface area contributed by atoms with Crippen LogP contribution in [0.1, 0.15) is 33.6 Å². The van der Waals surface area contributed by atoms with E-state index in [1.165, 1.54) is 0 Å². The lowest BCUT2D eigenvalue weighted by Gasteiger charge is -2.34. The van der Waals surface area contributed by atoms with Gasteiger partial charge in [0.15, 0.2) is 0 Å². The molecule has 106 valence electrons. The average Bonchev–Trinajstić information content (AvgIpc) is 2.31. The van der Waals surface area contributed by atoms with Crippen molar-refractivity contribution in [3.63, 3.8) is 0 Å². The van der Waals surface area contributed by atoms with Gasteiger partial charge in [0.2, 0.25) is 5.91 Å². The van der Waals surface area contributed by atoms with Gasteiger partial charge in [0.1, 0.15) is 0 Å². The highest BCUT2D eigenvalue weighted by Gasteiger charge is 2.22. The number of nitrogens with one attached hydrogen (secondary N) is 1. The normalized spacial score (nSPS) is 20.1. The zero-order chi connectivity index (χ0) is 13.7. The second-order valence-electron chi connectivity index (χ2n) is 6.04. The summed E-state index contributed by atoms with van der Waals surface area (Å²) < 4.78 is 0. The SMILES string of the molecule is CC(C)C(C)NC1CCN(CC(=O)N(C)C)CC1. The lowest BCUT2D eigenvalue weighted by atomic mass is 10.0. The van der Waals surface area contributed by atoms with Crippen molar-refractivity contribution in [2.24, 2.45) is 5.92 Å². The lowest BCUT2D eigenvalue weighted by molar-refractivity contribution is -0.130. The van der Waals surface area contributed by atoms with Crippen molar-refractivity contribution in [1.29, 1.82) is 0 Å². The van der Waals surface area contributed by atoms with Gasteiger partial charge >= 0.3 is 0 Å². The summed E-state index contributed by atoms with van der Waals surface area (Å²) in [4.78, 5) is 15.6. The molecule has 18 heavy (non-hydrogen) atoms. The average molecular weight is 255 g/mol. The zero-order valence-electron chi connectivity index (χ0n) is 12.6. The van der Waals surface area contributed by atoms with Crippen molar-refractivity contribution >= 4 is 5.91 Å². The van der Waals surface area contributed by atoms with Crippen LogP contribution in [-0.4, -0.2) is 61.5 Å². The number of piperidine rings is 1.